The Labute approximate surface area is 99.0 Å². The summed E-state index contributed by atoms with van der Waals surface area (Å²) >= 11 is 3.39. The maximum Gasteiger partial charge on any atom is 0.267 e. The van der Waals surface area contributed by atoms with E-state index in [1.165, 1.54) is 0 Å². The van der Waals surface area contributed by atoms with Gasteiger partial charge in [-0.1, -0.05) is 13.8 Å². The van der Waals surface area contributed by atoms with Gasteiger partial charge in [-0.25, -0.2) is 0 Å². The molecule has 0 aliphatic carbocycles. The third kappa shape index (κ3) is 3.38. The number of nitrogens with zero attached hydrogens (tertiary/aromatic N) is 1. The maximum absolute atomic E-state index is 11.8. The van der Waals surface area contributed by atoms with E-state index in [4.69, 9.17) is 0 Å². The normalized spacial score (nSPS) is 10.3. The van der Waals surface area contributed by atoms with Crippen molar-refractivity contribution in [2.75, 3.05) is 6.54 Å². The Balaban J connectivity index is 2.77. The average molecular weight is 273 g/mol. The molecule has 0 saturated carbocycles. The Bertz CT molecular complexity index is 333. The van der Waals surface area contributed by atoms with Crippen LogP contribution in [0.1, 0.15) is 37.2 Å². The molecule has 1 amide bonds. The zero-order valence-corrected chi connectivity index (χ0v) is 10.8. The summed E-state index contributed by atoms with van der Waals surface area (Å²) in [5.74, 6) is 0.0102. The van der Waals surface area contributed by atoms with Crippen molar-refractivity contribution < 1.29 is 4.79 Å². The standard InChI is InChI=1S/C11H17BrN2O/c1-3-5-13-11(15)10-7-9(12)8-14(10)6-4-2/h7-8H,3-6H2,1-2H3,(H,13,15). The first-order valence-corrected chi connectivity index (χ1v) is 6.12. The molecule has 3 nitrogen and oxygen atoms in total. The maximum atomic E-state index is 11.8. The number of carbonyl (C=O) groups excluding carboxylic acids is 1. The van der Waals surface area contributed by atoms with Gasteiger partial charge in [0.25, 0.3) is 5.91 Å². The Kier molecular flexibility index (Phi) is 4.88. The molecule has 1 rings (SSSR count). The van der Waals surface area contributed by atoms with Crippen LogP contribution in [0.25, 0.3) is 0 Å². The molecule has 1 aromatic heterocycles. The molecule has 4 heteroatoms. The molecular weight excluding hydrogens is 256 g/mol. The molecule has 0 aliphatic rings. The molecule has 0 aliphatic heterocycles. The smallest absolute Gasteiger partial charge is 0.267 e. The fourth-order valence-electron chi connectivity index (χ4n) is 1.42. The molecule has 1 heterocycles. The largest absolute Gasteiger partial charge is 0.351 e. The lowest BCUT2D eigenvalue weighted by Crippen LogP contribution is -2.26. The van der Waals surface area contributed by atoms with E-state index < -0.39 is 0 Å². The summed E-state index contributed by atoms with van der Waals surface area (Å²) in [6, 6.07) is 1.86. The number of carbonyl (C=O) groups is 1. The number of hydrogen-bond acceptors (Lipinski definition) is 1. The van der Waals surface area contributed by atoms with Gasteiger partial charge in [-0.05, 0) is 34.8 Å². The lowest BCUT2D eigenvalue weighted by Gasteiger charge is -2.07. The van der Waals surface area contributed by atoms with Crippen LogP contribution in [-0.4, -0.2) is 17.0 Å². The number of hydrogen-bond donors (Lipinski definition) is 1. The molecule has 1 aromatic rings. The van der Waals surface area contributed by atoms with Crippen LogP contribution in [0.2, 0.25) is 0 Å². The molecule has 0 fully saturated rings. The second-order valence-electron chi connectivity index (χ2n) is 3.49. The number of aromatic nitrogens is 1. The fraction of sp³-hybridized carbons (Fsp3) is 0.545. The lowest BCUT2D eigenvalue weighted by atomic mass is 10.3. The van der Waals surface area contributed by atoms with E-state index in [2.05, 4.69) is 28.2 Å². The monoisotopic (exact) mass is 272 g/mol. The highest BCUT2D eigenvalue weighted by Gasteiger charge is 2.11. The average Bonchev–Trinajstić information content (AvgIpc) is 2.57. The first-order valence-electron chi connectivity index (χ1n) is 5.32. The summed E-state index contributed by atoms with van der Waals surface area (Å²) in [5, 5.41) is 2.88. The Morgan fingerprint density at radius 3 is 2.80 bits per heavy atom. The van der Waals surface area contributed by atoms with Crippen molar-refractivity contribution in [3.05, 3.63) is 22.4 Å². The quantitative estimate of drug-likeness (QED) is 0.879. The summed E-state index contributed by atoms with van der Waals surface area (Å²) in [5.41, 5.74) is 0.733. The highest BCUT2D eigenvalue weighted by atomic mass is 79.9. The van der Waals surface area contributed by atoms with Gasteiger partial charge in [0.2, 0.25) is 0 Å². The van der Waals surface area contributed by atoms with E-state index in [0.29, 0.717) is 0 Å². The van der Waals surface area contributed by atoms with Gasteiger partial charge in [-0.3, -0.25) is 4.79 Å². The Morgan fingerprint density at radius 2 is 2.20 bits per heavy atom. The van der Waals surface area contributed by atoms with Crippen LogP contribution in [0.4, 0.5) is 0 Å². The number of aryl methyl sites for hydroxylation is 1. The van der Waals surface area contributed by atoms with E-state index >= 15 is 0 Å². The van der Waals surface area contributed by atoms with Crippen molar-refractivity contribution in [1.82, 2.24) is 9.88 Å². The van der Waals surface area contributed by atoms with E-state index in [1.807, 2.05) is 23.8 Å². The number of nitrogens with one attached hydrogen (secondary N) is 1. The van der Waals surface area contributed by atoms with Gasteiger partial charge >= 0.3 is 0 Å². The van der Waals surface area contributed by atoms with Gasteiger partial charge in [0.05, 0.1) is 0 Å². The molecule has 84 valence electrons. The first-order chi connectivity index (χ1) is 7.19. The van der Waals surface area contributed by atoms with E-state index in [0.717, 1.165) is 36.1 Å². The highest BCUT2D eigenvalue weighted by molar-refractivity contribution is 9.10. The van der Waals surface area contributed by atoms with Crippen molar-refractivity contribution in [3.63, 3.8) is 0 Å². The van der Waals surface area contributed by atoms with Gasteiger partial charge in [-0.15, -0.1) is 0 Å². The Hall–Kier alpha value is -0.770. The van der Waals surface area contributed by atoms with E-state index in [-0.39, 0.29) is 5.91 Å². The minimum atomic E-state index is 0.0102. The Morgan fingerprint density at radius 1 is 1.47 bits per heavy atom. The van der Waals surface area contributed by atoms with Crippen LogP contribution in [0, 0.1) is 0 Å². The van der Waals surface area contributed by atoms with Gasteiger partial charge in [0, 0.05) is 23.8 Å². The van der Waals surface area contributed by atoms with Crippen molar-refractivity contribution in [1.29, 1.82) is 0 Å². The molecule has 0 bridgehead atoms. The lowest BCUT2D eigenvalue weighted by molar-refractivity contribution is 0.0944. The second-order valence-corrected chi connectivity index (χ2v) is 4.41. The van der Waals surface area contributed by atoms with Crippen molar-refractivity contribution in [2.45, 2.75) is 33.2 Å². The summed E-state index contributed by atoms with van der Waals surface area (Å²) in [6.45, 7) is 5.75. The third-order valence-corrected chi connectivity index (χ3v) is 2.53. The van der Waals surface area contributed by atoms with Crippen molar-refractivity contribution >= 4 is 21.8 Å². The zero-order valence-electron chi connectivity index (χ0n) is 9.22. The van der Waals surface area contributed by atoms with Crippen LogP contribution in [0.5, 0.6) is 0 Å². The predicted molar refractivity (Wildman–Crippen MR) is 65.0 cm³/mol. The molecule has 1 N–H and O–H groups in total. The molecule has 0 atom stereocenters. The number of amides is 1. The third-order valence-electron chi connectivity index (χ3n) is 2.10. The van der Waals surface area contributed by atoms with Crippen LogP contribution in [-0.2, 0) is 6.54 Å². The predicted octanol–water partition coefficient (Wildman–Crippen LogP) is 2.80. The van der Waals surface area contributed by atoms with E-state index in [9.17, 15) is 4.79 Å². The molecule has 0 saturated heterocycles. The summed E-state index contributed by atoms with van der Waals surface area (Å²) in [6.07, 6.45) is 3.93. The molecular formula is C11H17BrN2O. The van der Waals surface area contributed by atoms with Gasteiger partial charge in [0.15, 0.2) is 0 Å². The van der Waals surface area contributed by atoms with E-state index in [1.54, 1.807) is 0 Å². The number of rotatable bonds is 5. The van der Waals surface area contributed by atoms with Gasteiger partial charge in [-0.2, -0.15) is 0 Å². The van der Waals surface area contributed by atoms with Crippen molar-refractivity contribution in [2.24, 2.45) is 0 Å². The van der Waals surface area contributed by atoms with Crippen LogP contribution >= 0.6 is 15.9 Å². The van der Waals surface area contributed by atoms with Gasteiger partial charge in [0.1, 0.15) is 5.69 Å². The van der Waals surface area contributed by atoms with Crippen LogP contribution in [0.15, 0.2) is 16.7 Å². The minimum absolute atomic E-state index is 0.0102. The zero-order chi connectivity index (χ0) is 11.3. The fourth-order valence-corrected chi connectivity index (χ4v) is 1.88. The summed E-state index contributed by atoms with van der Waals surface area (Å²) in [4.78, 5) is 11.8. The molecule has 0 unspecified atom stereocenters. The SMILES string of the molecule is CCCNC(=O)c1cc(Br)cn1CCC. The number of halogens is 1. The molecule has 15 heavy (non-hydrogen) atoms. The highest BCUT2D eigenvalue weighted by Crippen LogP contribution is 2.15. The van der Waals surface area contributed by atoms with Gasteiger partial charge < -0.3 is 9.88 Å². The molecule has 0 spiro atoms. The topological polar surface area (TPSA) is 34.0 Å². The molecule has 0 radical (unpaired) electrons. The first kappa shape index (κ1) is 12.3. The second kappa shape index (κ2) is 5.95. The van der Waals surface area contributed by atoms with Crippen molar-refractivity contribution in [3.8, 4) is 0 Å². The summed E-state index contributed by atoms with van der Waals surface area (Å²) < 4.78 is 2.94. The minimum Gasteiger partial charge on any atom is -0.351 e. The summed E-state index contributed by atoms with van der Waals surface area (Å²) in [7, 11) is 0. The van der Waals surface area contributed by atoms with Crippen LogP contribution in [0.3, 0.4) is 0 Å². The molecule has 0 aromatic carbocycles. The van der Waals surface area contributed by atoms with Crippen LogP contribution < -0.4 is 5.32 Å².